The van der Waals surface area contributed by atoms with Crippen LogP contribution in [0.3, 0.4) is 0 Å². The quantitative estimate of drug-likeness (QED) is 0.646. The Morgan fingerprint density at radius 2 is 2.17 bits per heavy atom. The first-order valence-electron chi connectivity index (χ1n) is 4.07. The molecule has 2 nitrogen and oxygen atoms in total. The Balaban J connectivity index is 2.59. The fourth-order valence-electron chi connectivity index (χ4n) is 1.45. The van der Waals surface area contributed by atoms with Crippen molar-refractivity contribution < 1.29 is 13.2 Å². The predicted molar refractivity (Wildman–Crippen MR) is 40.0 cm³/mol. The molecule has 72 valence electrons. The molecule has 1 aliphatic rings. The lowest BCUT2D eigenvalue weighted by Crippen LogP contribution is -2.57. The summed E-state index contributed by atoms with van der Waals surface area (Å²) in [5.74, 6) is 0. The van der Waals surface area contributed by atoms with Crippen molar-refractivity contribution in [2.24, 2.45) is 0 Å². The van der Waals surface area contributed by atoms with Gasteiger partial charge in [0.15, 0.2) is 0 Å². The molecule has 0 radical (unpaired) electrons. The van der Waals surface area contributed by atoms with E-state index in [1.807, 2.05) is 0 Å². The molecule has 0 aromatic rings. The zero-order chi connectivity index (χ0) is 9.19. The van der Waals surface area contributed by atoms with E-state index < -0.39 is 12.2 Å². The van der Waals surface area contributed by atoms with Crippen LogP contribution in [0.4, 0.5) is 13.2 Å². The van der Waals surface area contributed by atoms with Gasteiger partial charge in [0, 0.05) is 19.6 Å². The van der Waals surface area contributed by atoms with Gasteiger partial charge < -0.3 is 5.32 Å². The smallest absolute Gasteiger partial charge is 0.314 e. The fourth-order valence-corrected chi connectivity index (χ4v) is 1.45. The zero-order valence-electron chi connectivity index (χ0n) is 6.99. The first-order valence-corrected chi connectivity index (χ1v) is 4.07. The van der Waals surface area contributed by atoms with Crippen LogP contribution in [-0.2, 0) is 0 Å². The van der Waals surface area contributed by atoms with E-state index in [0.29, 0.717) is 19.6 Å². The lowest BCUT2D eigenvalue weighted by Gasteiger charge is -2.36. The molecule has 0 bridgehead atoms. The Bertz CT molecular complexity index is 146. The molecular formula is C7H13F3N2. The number of nitrogens with one attached hydrogen (secondary N) is 1. The molecule has 1 atom stereocenters. The Kier molecular flexibility index (Phi) is 2.95. The van der Waals surface area contributed by atoms with Crippen LogP contribution in [0.1, 0.15) is 6.92 Å². The molecule has 1 heterocycles. The number of rotatable bonds is 1. The third-order valence-corrected chi connectivity index (χ3v) is 2.14. The normalized spacial score (nSPS) is 27.5. The third-order valence-electron chi connectivity index (χ3n) is 2.14. The predicted octanol–water partition coefficient (Wildman–Crippen LogP) is 0.842. The Labute approximate surface area is 69.7 Å². The number of halogens is 3. The monoisotopic (exact) mass is 182 g/mol. The van der Waals surface area contributed by atoms with Crippen molar-refractivity contribution in [3.05, 3.63) is 0 Å². The first-order chi connectivity index (χ1) is 5.55. The van der Waals surface area contributed by atoms with Crippen molar-refractivity contribution >= 4 is 0 Å². The second-order valence-corrected chi connectivity index (χ2v) is 2.89. The highest BCUT2D eigenvalue weighted by Gasteiger charge is 2.43. The topological polar surface area (TPSA) is 15.3 Å². The minimum absolute atomic E-state index is 0.0251. The van der Waals surface area contributed by atoms with Crippen molar-refractivity contribution in [3.63, 3.8) is 0 Å². The average Bonchev–Trinajstić information content (AvgIpc) is 2.03. The number of hydrogen-bond acceptors (Lipinski definition) is 2. The summed E-state index contributed by atoms with van der Waals surface area (Å²) in [7, 11) is 0. The van der Waals surface area contributed by atoms with Gasteiger partial charge in [-0.05, 0) is 6.54 Å². The van der Waals surface area contributed by atoms with Gasteiger partial charge in [0.05, 0.1) is 0 Å². The number of hydrogen-bond donors (Lipinski definition) is 1. The highest BCUT2D eigenvalue weighted by Crippen LogP contribution is 2.25. The highest BCUT2D eigenvalue weighted by atomic mass is 19.4. The molecule has 5 heteroatoms. The van der Waals surface area contributed by atoms with Crippen LogP contribution >= 0.6 is 0 Å². The van der Waals surface area contributed by atoms with Gasteiger partial charge in [-0.25, -0.2) is 0 Å². The van der Waals surface area contributed by atoms with Crippen LogP contribution in [0.5, 0.6) is 0 Å². The summed E-state index contributed by atoms with van der Waals surface area (Å²) in [5, 5.41) is 2.74. The molecule has 0 amide bonds. The second-order valence-electron chi connectivity index (χ2n) is 2.89. The lowest BCUT2D eigenvalue weighted by molar-refractivity contribution is -0.186. The largest absolute Gasteiger partial charge is 0.405 e. The molecule has 0 unspecified atom stereocenters. The SMILES string of the molecule is CCN1CCNC[C@@H]1C(F)(F)F. The summed E-state index contributed by atoms with van der Waals surface area (Å²) in [5.41, 5.74) is 0. The van der Waals surface area contributed by atoms with E-state index in [4.69, 9.17) is 0 Å². The minimum atomic E-state index is -4.09. The van der Waals surface area contributed by atoms with Crippen molar-refractivity contribution in [1.82, 2.24) is 10.2 Å². The van der Waals surface area contributed by atoms with Crippen LogP contribution in [0, 0.1) is 0 Å². The maximum Gasteiger partial charge on any atom is 0.405 e. The van der Waals surface area contributed by atoms with E-state index in [9.17, 15) is 13.2 Å². The summed E-state index contributed by atoms with van der Waals surface area (Å²) in [4.78, 5) is 1.45. The third kappa shape index (κ3) is 2.10. The molecular weight excluding hydrogens is 169 g/mol. The Hall–Kier alpha value is -0.290. The van der Waals surface area contributed by atoms with E-state index >= 15 is 0 Å². The Morgan fingerprint density at radius 1 is 1.50 bits per heavy atom. The Morgan fingerprint density at radius 3 is 2.58 bits per heavy atom. The second kappa shape index (κ2) is 3.62. The van der Waals surface area contributed by atoms with Gasteiger partial charge in [-0.15, -0.1) is 0 Å². The van der Waals surface area contributed by atoms with Crippen LogP contribution in [0.15, 0.2) is 0 Å². The summed E-state index contributed by atoms with van der Waals surface area (Å²) in [6.07, 6.45) is -4.09. The molecule has 0 aromatic heterocycles. The van der Waals surface area contributed by atoms with E-state index in [-0.39, 0.29) is 6.54 Å². The number of piperazine rings is 1. The van der Waals surface area contributed by atoms with E-state index in [2.05, 4.69) is 5.32 Å². The zero-order valence-corrected chi connectivity index (χ0v) is 6.99. The fraction of sp³-hybridized carbons (Fsp3) is 1.00. The molecule has 0 aromatic carbocycles. The molecule has 12 heavy (non-hydrogen) atoms. The van der Waals surface area contributed by atoms with Gasteiger partial charge in [-0.3, -0.25) is 4.90 Å². The minimum Gasteiger partial charge on any atom is -0.314 e. The van der Waals surface area contributed by atoms with Gasteiger partial charge in [0.1, 0.15) is 6.04 Å². The number of nitrogens with zero attached hydrogens (tertiary/aromatic N) is 1. The molecule has 0 aliphatic carbocycles. The van der Waals surface area contributed by atoms with Gasteiger partial charge in [-0.2, -0.15) is 13.2 Å². The summed E-state index contributed by atoms with van der Waals surface area (Å²) < 4.78 is 36.9. The van der Waals surface area contributed by atoms with Crippen LogP contribution in [0.2, 0.25) is 0 Å². The molecule has 1 fully saturated rings. The number of likely N-dealkylation sites (N-methyl/N-ethyl adjacent to an activating group) is 1. The van der Waals surface area contributed by atoms with Gasteiger partial charge >= 0.3 is 6.18 Å². The first kappa shape index (κ1) is 9.80. The lowest BCUT2D eigenvalue weighted by atomic mass is 10.2. The maximum atomic E-state index is 12.3. The maximum absolute atomic E-state index is 12.3. The van der Waals surface area contributed by atoms with E-state index in [1.54, 1.807) is 6.92 Å². The van der Waals surface area contributed by atoms with Crippen LogP contribution < -0.4 is 5.32 Å². The summed E-state index contributed by atoms with van der Waals surface area (Å²) >= 11 is 0. The van der Waals surface area contributed by atoms with Gasteiger partial charge in [-0.1, -0.05) is 6.92 Å². The molecule has 0 saturated carbocycles. The molecule has 1 aliphatic heterocycles. The van der Waals surface area contributed by atoms with Crippen molar-refractivity contribution in [2.75, 3.05) is 26.2 Å². The standard InChI is InChI=1S/C7H13F3N2/c1-2-12-4-3-11-5-6(12)7(8,9)10/h6,11H,2-5H2,1H3/t6-/m1/s1. The molecule has 1 N–H and O–H groups in total. The van der Waals surface area contributed by atoms with Crippen LogP contribution in [0.25, 0.3) is 0 Å². The molecule has 1 saturated heterocycles. The van der Waals surface area contributed by atoms with Crippen molar-refractivity contribution in [1.29, 1.82) is 0 Å². The van der Waals surface area contributed by atoms with E-state index in [1.165, 1.54) is 4.90 Å². The molecule has 1 rings (SSSR count). The van der Waals surface area contributed by atoms with Gasteiger partial charge in [0.25, 0.3) is 0 Å². The highest BCUT2D eigenvalue weighted by molar-refractivity contribution is 4.84. The number of alkyl halides is 3. The molecule has 0 spiro atoms. The summed E-state index contributed by atoms with van der Waals surface area (Å²) in [6, 6.07) is -1.30. The average molecular weight is 182 g/mol. The van der Waals surface area contributed by atoms with Crippen LogP contribution in [-0.4, -0.2) is 43.3 Å². The van der Waals surface area contributed by atoms with Crippen molar-refractivity contribution in [2.45, 2.75) is 19.1 Å². The van der Waals surface area contributed by atoms with Crippen molar-refractivity contribution in [3.8, 4) is 0 Å². The summed E-state index contributed by atoms with van der Waals surface area (Å²) in [6.45, 7) is 3.38. The van der Waals surface area contributed by atoms with E-state index in [0.717, 1.165) is 0 Å². The van der Waals surface area contributed by atoms with Gasteiger partial charge in [0.2, 0.25) is 0 Å².